The minimum atomic E-state index is -4.00. The minimum Gasteiger partial charge on any atom is -0.464 e. The summed E-state index contributed by atoms with van der Waals surface area (Å²) in [6, 6.07) is 20.6. The van der Waals surface area contributed by atoms with Gasteiger partial charge in [-0.1, -0.05) is 36.4 Å². The summed E-state index contributed by atoms with van der Waals surface area (Å²) < 4.78 is 32.6. The van der Waals surface area contributed by atoms with Crippen LogP contribution in [0.2, 0.25) is 0 Å². The molecule has 0 saturated carbocycles. The van der Waals surface area contributed by atoms with Gasteiger partial charge in [0.25, 0.3) is 10.0 Å². The average molecular weight is 434 g/mol. The molecule has 0 radical (unpaired) electrons. The number of fused-ring (bicyclic) bond motifs is 1. The minimum absolute atomic E-state index is 0.0129. The van der Waals surface area contributed by atoms with Crippen molar-refractivity contribution in [2.24, 2.45) is 0 Å². The Labute approximate surface area is 178 Å². The normalized spacial score (nSPS) is 11.3. The quantitative estimate of drug-likeness (QED) is 0.364. The van der Waals surface area contributed by atoms with Crippen molar-refractivity contribution in [2.75, 3.05) is 17.6 Å². The molecule has 4 rings (SSSR count). The van der Waals surface area contributed by atoms with Crippen LogP contribution in [0.4, 0.5) is 11.6 Å². The smallest absolute Gasteiger partial charge is 0.356 e. The number of nitrogens with two attached hydrogens (primary N) is 1. The molecule has 0 spiro atoms. The van der Waals surface area contributed by atoms with E-state index in [1.165, 1.54) is 37.4 Å². The van der Waals surface area contributed by atoms with Gasteiger partial charge in [0.05, 0.1) is 17.7 Å². The molecule has 31 heavy (non-hydrogen) atoms. The van der Waals surface area contributed by atoms with Gasteiger partial charge in [0.1, 0.15) is 0 Å². The molecule has 1 heterocycles. The van der Waals surface area contributed by atoms with Gasteiger partial charge in [-0.05, 0) is 47.2 Å². The van der Waals surface area contributed by atoms with E-state index in [0.717, 1.165) is 10.8 Å². The number of nitrogen functional groups attached to an aromatic ring is 1. The second kappa shape index (κ2) is 8.04. The van der Waals surface area contributed by atoms with Gasteiger partial charge in [-0.15, -0.1) is 0 Å². The van der Waals surface area contributed by atoms with E-state index in [1.54, 1.807) is 0 Å². The molecule has 8 nitrogen and oxygen atoms in total. The molecule has 0 fully saturated rings. The number of aromatic nitrogens is 2. The van der Waals surface area contributed by atoms with Crippen LogP contribution in [-0.4, -0.2) is 31.5 Å². The molecule has 156 valence electrons. The van der Waals surface area contributed by atoms with Crippen LogP contribution in [0.3, 0.4) is 0 Å². The fraction of sp³-hybridized carbons (Fsp3) is 0.0455. The molecule has 9 heteroatoms. The van der Waals surface area contributed by atoms with Crippen LogP contribution in [0.5, 0.6) is 0 Å². The van der Waals surface area contributed by atoms with Crippen LogP contribution < -0.4 is 10.5 Å². The van der Waals surface area contributed by atoms with Crippen molar-refractivity contribution >= 4 is 38.4 Å². The van der Waals surface area contributed by atoms with Crippen molar-refractivity contribution in [2.45, 2.75) is 4.90 Å². The highest BCUT2D eigenvalue weighted by Crippen LogP contribution is 2.25. The number of rotatable bonds is 5. The second-order valence-corrected chi connectivity index (χ2v) is 8.37. The third kappa shape index (κ3) is 4.31. The molecular formula is C22H18N4O4S. The molecule has 3 aromatic carbocycles. The number of ether oxygens (including phenoxy) is 1. The van der Waals surface area contributed by atoms with Crippen LogP contribution in [0.25, 0.3) is 22.0 Å². The van der Waals surface area contributed by atoms with Crippen LogP contribution in [0, 0.1) is 0 Å². The average Bonchev–Trinajstić information content (AvgIpc) is 2.78. The number of anilines is 2. The number of hydrogen-bond acceptors (Lipinski definition) is 7. The molecular weight excluding hydrogens is 416 g/mol. The van der Waals surface area contributed by atoms with Crippen LogP contribution in [-0.2, 0) is 14.8 Å². The fourth-order valence-electron chi connectivity index (χ4n) is 3.02. The van der Waals surface area contributed by atoms with E-state index < -0.39 is 16.0 Å². The summed E-state index contributed by atoms with van der Waals surface area (Å²) in [5.74, 6) is -0.958. The summed E-state index contributed by atoms with van der Waals surface area (Å²) in [5, 5.41) is 2.01. The number of carbonyl (C=O) groups excluding carboxylic acids is 1. The summed E-state index contributed by atoms with van der Waals surface area (Å²) in [7, 11) is -2.77. The lowest BCUT2D eigenvalue weighted by Gasteiger charge is -2.11. The van der Waals surface area contributed by atoms with Gasteiger partial charge in [0, 0.05) is 11.3 Å². The zero-order valence-corrected chi connectivity index (χ0v) is 17.3. The number of methoxy groups -OCH3 is 1. The monoisotopic (exact) mass is 434 g/mol. The summed E-state index contributed by atoms with van der Waals surface area (Å²) in [6.45, 7) is 0. The third-order valence-corrected chi connectivity index (χ3v) is 5.93. The Bertz CT molecular complexity index is 1390. The van der Waals surface area contributed by atoms with Crippen molar-refractivity contribution in [3.8, 4) is 11.3 Å². The number of nitrogens with one attached hydrogen (secondary N) is 1. The Morgan fingerprint density at radius 1 is 0.935 bits per heavy atom. The first-order valence-electron chi connectivity index (χ1n) is 9.21. The topological polar surface area (TPSA) is 124 Å². The number of carbonyl (C=O) groups is 1. The van der Waals surface area contributed by atoms with Crippen LogP contribution in [0.15, 0.2) is 77.7 Å². The van der Waals surface area contributed by atoms with Crippen molar-refractivity contribution < 1.29 is 17.9 Å². The van der Waals surface area contributed by atoms with Gasteiger partial charge in [0.2, 0.25) is 5.95 Å². The van der Waals surface area contributed by atoms with E-state index in [2.05, 4.69) is 14.7 Å². The predicted octanol–water partition coefficient (Wildman–Crippen LogP) is 3.47. The molecule has 4 aromatic rings. The second-order valence-electron chi connectivity index (χ2n) is 6.69. The molecule has 0 aliphatic carbocycles. The van der Waals surface area contributed by atoms with Gasteiger partial charge in [-0.3, -0.25) is 0 Å². The fourth-order valence-corrected chi connectivity index (χ4v) is 3.97. The Morgan fingerprint density at radius 2 is 1.65 bits per heavy atom. The molecule has 0 amide bonds. The van der Waals surface area contributed by atoms with Crippen molar-refractivity contribution in [1.29, 1.82) is 0 Å². The van der Waals surface area contributed by atoms with Crippen LogP contribution >= 0.6 is 0 Å². The van der Waals surface area contributed by atoms with E-state index in [0.29, 0.717) is 16.9 Å². The summed E-state index contributed by atoms with van der Waals surface area (Å²) in [4.78, 5) is 20.5. The number of sulfonamides is 1. The highest BCUT2D eigenvalue weighted by atomic mass is 32.2. The van der Waals surface area contributed by atoms with Crippen molar-refractivity contribution in [3.05, 3.63) is 78.5 Å². The summed E-state index contributed by atoms with van der Waals surface area (Å²) >= 11 is 0. The maximum absolute atomic E-state index is 12.7. The van der Waals surface area contributed by atoms with Crippen molar-refractivity contribution in [1.82, 2.24) is 9.97 Å². The Kier molecular flexibility index (Phi) is 5.26. The van der Waals surface area contributed by atoms with Crippen molar-refractivity contribution in [3.63, 3.8) is 0 Å². The highest BCUT2D eigenvalue weighted by Gasteiger charge is 2.19. The molecule has 0 unspecified atom stereocenters. The Hall–Kier alpha value is -3.98. The molecule has 3 N–H and O–H groups in total. The first-order valence-corrected chi connectivity index (χ1v) is 10.7. The first kappa shape index (κ1) is 20.3. The van der Waals surface area contributed by atoms with Crippen LogP contribution in [0.1, 0.15) is 10.5 Å². The van der Waals surface area contributed by atoms with E-state index in [-0.39, 0.29) is 16.5 Å². The molecule has 0 aliphatic rings. The maximum atomic E-state index is 12.7. The van der Waals surface area contributed by atoms with Gasteiger partial charge in [0.15, 0.2) is 5.69 Å². The molecule has 0 saturated heterocycles. The first-order chi connectivity index (χ1) is 14.9. The highest BCUT2D eigenvalue weighted by molar-refractivity contribution is 7.92. The van der Waals surface area contributed by atoms with Gasteiger partial charge in [-0.2, -0.15) is 0 Å². The maximum Gasteiger partial charge on any atom is 0.356 e. The zero-order chi connectivity index (χ0) is 22.0. The molecule has 0 bridgehead atoms. The summed E-state index contributed by atoms with van der Waals surface area (Å²) in [6.07, 6.45) is 0. The lowest BCUT2D eigenvalue weighted by atomic mass is 10.0. The van der Waals surface area contributed by atoms with E-state index >= 15 is 0 Å². The number of nitrogens with zero attached hydrogens (tertiary/aromatic N) is 2. The molecule has 0 aliphatic heterocycles. The molecule has 0 atom stereocenters. The van der Waals surface area contributed by atoms with E-state index in [9.17, 15) is 13.2 Å². The lowest BCUT2D eigenvalue weighted by molar-refractivity contribution is 0.0594. The Morgan fingerprint density at radius 3 is 2.35 bits per heavy atom. The number of hydrogen-bond donors (Lipinski definition) is 2. The van der Waals surface area contributed by atoms with Gasteiger partial charge >= 0.3 is 5.97 Å². The van der Waals surface area contributed by atoms with Gasteiger partial charge in [-0.25, -0.2) is 27.9 Å². The number of benzene rings is 3. The SMILES string of the molecule is COC(=O)c1cc(-c2ccc3ccccc3c2)nc(NS(=O)(=O)c2ccc(N)cc2)n1. The predicted molar refractivity (Wildman–Crippen MR) is 118 cm³/mol. The third-order valence-electron chi connectivity index (χ3n) is 4.58. The lowest BCUT2D eigenvalue weighted by Crippen LogP contribution is -2.17. The zero-order valence-electron chi connectivity index (χ0n) is 16.4. The van der Waals surface area contributed by atoms with E-state index in [4.69, 9.17) is 10.5 Å². The number of esters is 1. The summed E-state index contributed by atoms with van der Waals surface area (Å²) in [5.41, 5.74) is 7.05. The van der Waals surface area contributed by atoms with E-state index in [1.807, 2.05) is 42.5 Å². The largest absolute Gasteiger partial charge is 0.464 e. The Balaban J connectivity index is 1.79. The standard InChI is InChI=1S/C22H18N4O4S/c1-30-21(27)20-13-19(16-7-6-14-4-2-3-5-15(14)12-16)24-22(25-20)26-31(28,29)18-10-8-17(23)9-11-18/h2-13H,23H2,1H3,(H,24,25,26). The van der Waals surface area contributed by atoms with Gasteiger partial charge < -0.3 is 10.5 Å². The molecule has 1 aromatic heterocycles.